The highest BCUT2D eigenvalue weighted by molar-refractivity contribution is 7.90. The van der Waals surface area contributed by atoms with Gasteiger partial charge in [0.1, 0.15) is 22.9 Å². The molecule has 0 spiro atoms. The van der Waals surface area contributed by atoms with Crippen LogP contribution in [0.3, 0.4) is 0 Å². The smallest absolute Gasteiger partial charge is 0.268 e. The second kappa shape index (κ2) is 20.4. The average molecular weight is 997 g/mol. The van der Waals surface area contributed by atoms with Gasteiger partial charge in [0.25, 0.3) is 21.8 Å². The van der Waals surface area contributed by atoms with Gasteiger partial charge in [0.15, 0.2) is 0 Å². The molecule has 0 radical (unpaired) electrons. The molecule has 3 N–H and O–H groups in total. The van der Waals surface area contributed by atoms with E-state index in [0.717, 1.165) is 86.5 Å². The number of halogens is 1. The largest absolute Gasteiger partial charge is 0.497 e. The molecule has 6 aromatic rings. The first-order valence-corrected chi connectivity index (χ1v) is 26.7. The topological polar surface area (TPSA) is 149 Å². The minimum absolute atomic E-state index is 0.0339. The summed E-state index contributed by atoms with van der Waals surface area (Å²) >= 11 is 6.28. The molecule has 4 aliphatic rings. The molecule has 4 heterocycles. The number of hydrogen-bond donors (Lipinski definition) is 3. The second-order valence-electron chi connectivity index (χ2n) is 20.4. The molecule has 0 unspecified atom stereocenters. The lowest BCUT2D eigenvalue weighted by molar-refractivity contribution is 0.0766. The highest BCUT2D eigenvalue weighted by Crippen LogP contribution is 2.44. The number of piperazine rings is 1. The molecule has 0 atom stereocenters. The standard InChI is InChI=1S/C56H62ClN7O6S/c1-56(2)23-21-41(47(31-56)39-11-13-42(57)14-12-39)35-62-25-27-63(28-26-62)43-15-18-46(50(30-43)70-45-29-40-22-24-58-53(40)60-33-45)54(65)61-71(67,68)51-20-19-49(59-32-37-7-5-4-6-8-37)52-48(51)36-64(55(52)66)34-38-9-16-44(69-3)17-10-38/h9-20,22,24,29-30,33,37,59H,4-8,21,23,25-28,31-32,34-36H2,1-3H3,(H,58,60)(H,61,65). The number of amides is 2. The van der Waals surface area contributed by atoms with Crippen LogP contribution in [0.2, 0.25) is 5.02 Å². The predicted molar refractivity (Wildman–Crippen MR) is 280 cm³/mol. The molecule has 2 aromatic heterocycles. The summed E-state index contributed by atoms with van der Waals surface area (Å²) in [7, 11) is -2.93. The van der Waals surface area contributed by atoms with Crippen LogP contribution >= 0.6 is 11.6 Å². The van der Waals surface area contributed by atoms with Gasteiger partial charge in [-0.15, -0.1) is 0 Å². The summed E-state index contributed by atoms with van der Waals surface area (Å²) in [5.41, 5.74) is 8.07. The van der Waals surface area contributed by atoms with Crippen molar-refractivity contribution in [2.45, 2.75) is 83.2 Å². The maximum absolute atomic E-state index is 14.6. The molecular formula is C56H62ClN7O6S. The van der Waals surface area contributed by atoms with Gasteiger partial charge in [0.2, 0.25) is 0 Å². The van der Waals surface area contributed by atoms with Gasteiger partial charge in [-0.05, 0) is 121 Å². The van der Waals surface area contributed by atoms with Crippen LogP contribution in [0.1, 0.15) is 103 Å². The number of H-pyrrole nitrogens is 1. The van der Waals surface area contributed by atoms with Crippen LogP contribution < -0.4 is 24.4 Å². The number of carbonyl (C=O) groups excluding carboxylic acids is 2. The summed E-state index contributed by atoms with van der Waals surface area (Å²) in [6.07, 6.45) is 12.4. The molecule has 0 bridgehead atoms. The van der Waals surface area contributed by atoms with Gasteiger partial charge in [0, 0.05) is 92.0 Å². The third kappa shape index (κ3) is 10.8. The Hall–Kier alpha value is -6.35. The van der Waals surface area contributed by atoms with Crippen molar-refractivity contribution in [3.63, 3.8) is 0 Å². The first kappa shape index (κ1) is 48.3. The van der Waals surface area contributed by atoms with Gasteiger partial charge in [-0.3, -0.25) is 14.5 Å². The lowest BCUT2D eigenvalue weighted by atomic mass is 9.72. The van der Waals surface area contributed by atoms with E-state index >= 15 is 0 Å². The second-order valence-corrected chi connectivity index (χ2v) is 22.4. The molecule has 2 amide bonds. The zero-order valence-corrected chi connectivity index (χ0v) is 42.3. The van der Waals surface area contributed by atoms with E-state index in [-0.39, 0.29) is 40.6 Å². The number of fused-ring (bicyclic) bond motifs is 2. The van der Waals surface area contributed by atoms with Gasteiger partial charge in [-0.25, -0.2) is 18.1 Å². The molecule has 13 nitrogen and oxygen atoms in total. The van der Waals surface area contributed by atoms with Crippen LogP contribution in [0.4, 0.5) is 11.4 Å². The van der Waals surface area contributed by atoms with Gasteiger partial charge < -0.3 is 29.6 Å². The molecule has 10 rings (SSSR count). The summed E-state index contributed by atoms with van der Waals surface area (Å²) in [6, 6.07) is 27.8. The molecule has 2 aliphatic carbocycles. The van der Waals surface area contributed by atoms with Crippen LogP contribution in [0.25, 0.3) is 16.6 Å². The number of ether oxygens (including phenoxy) is 2. The van der Waals surface area contributed by atoms with Crippen LogP contribution in [0, 0.1) is 11.3 Å². The van der Waals surface area contributed by atoms with E-state index in [9.17, 15) is 18.0 Å². The molecule has 370 valence electrons. The first-order valence-electron chi connectivity index (χ1n) is 24.9. The number of sulfonamides is 1. The maximum Gasteiger partial charge on any atom is 0.268 e. The summed E-state index contributed by atoms with van der Waals surface area (Å²) in [6.45, 7) is 9.76. The van der Waals surface area contributed by atoms with Crippen molar-refractivity contribution in [3.05, 3.63) is 142 Å². The van der Waals surface area contributed by atoms with Crippen molar-refractivity contribution >= 4 is 61.4 Å². The quantitative estimate of drug-likeness (QED) is 0.0908. The van der Waals surface area contributed by atoms with E-state index in [1.165, 1.54) is 42.0 Å². The number of hydrogen-bond acceptors (Lipinski definition) is 10. The number of aromatic nitrogens is 2. The number of pyridine rings is 1. The van der Waals surface area contributed by atoms with Crippen molar-refractivity contribution in [3.8, 4) is 17.2 Å². The van der Waals surface area contributed by atoms with E-state index in [1.807, 2.05) is 60.7 Å². The Morgan fingerprint density at radius 1 is 0.901 bits per heavy atom. The summed E-state index contributed by atoms with van der Waals surface area (Å²) in [5, 5.41) is 5.07. The molecule has 71 heavy (non-hydrogen) atoms. The number of allylic oxidation sites excluding steroid dienone is 1. The van der Waals surface area contributed by atoms with Crippen molar-refractivity contribution in [2.75, 3.05) is 56.6 Å². The fourth-order valence-corrected chi connectivity index (χ4v) is 12.1. The minimum Gasteiger partial charge on any atom is -0.497 e. The van der Waals surface area contributed by atoms with Crippen LogP contribution in [0.15, 0.2) is 114 Å². The Morgan fingerprint density at radius 3 is 2.44 bits per heavy atom. The predicted octanol–water partition coefficient (Wildman–Crippen LogP) is 11.1. The third-order valence-corrected chi connectivity index (χ3v) is 16.5. The molecule has 4 aromatic carbocycles. The lowest BCUT2D eigenvalue weighted by Gasteiger charge is -2.39. The Balaban J connectivity index is 0.903. The molecular weight excluding hydrogens is 934 g/mol. The lowest BCUT2D eigenvalue weighted by Crippen LogP contribution is -2.47. The number of benzene rings is 4. The van der Waals surface area contributed by atoms with E-state index in [2.05, 4.69) is 55.8 Å². The van der Waals surface area contributed by atoms with Gasteiger partial charge in [-0.1, -0.05) is 74.5 Å². The van der Waals surface area contributed by atoms with Crippen LogP contribution in [-0.4, -0.2) is 86.4 Å². The zero-order chi connectivity index (χ0) is 49.3. The SMILES string of the molecule is COc1ccc(CN2Cc3c(S(=O)(=O)NC(=O)c4ccc(N5CCN(CC6=C(c7ccc(Cl)cc7)CC(C)(C)CC6)CC5)cc4Oc4cnc5[nH]ccc5c4)ccc(NCC4CCCCC4)c3C2=O)cc1. The molecule has 15 heteroatoms. The number of rotatable bonds is 15. The van der Waals surface area contributed by atoms with E-state index in [0.29, 0.717) is 46.4 Å². The van der Waals surface area contributed by atoms with Crippen molar-refractivity contribution < 1.29 is 27.5 Å². The van der Waals surface area contributed by atoms with E-state index in [4.69, 9.17) is 21.1 Å². The summed E-state index contributed by atoms with van der Waals surface area (Å²) < 4.78 is 43.3. The fraction of sp³-hybridized carbons (Fsp3) is 0.375. The summed E-state index contributed by atoms with van der Waals surface area (Å²) in [4.78, 5) is 42.7. The van der Waals surface area contributed by atoms with Crippen molar-refractivity contribution in [1.82, 2.24) is 24.5 Å². The van der Waals surface area contributed by atoms with Crippen LogP contribution in [-0.2, 0) is 23.1 Å². The molecule has 1 saturated heterocycles. The van der Waals surface area contributed by atoms with Gasteiger partial charge in [-0.2, -0.15) is 0 Å². The molecule has 2 aliphatic heterocycles. The molecule has 2 fully saturated rings. The molecule has 1 saturated carbocycles. The Labute approximate surface area is 421 Å². The third-order valence-electron chi connectivity index (χ3n) is 14.8. The summed E-state index contributed by atoms with van der Waals surface area (Å²) in [5.74, 6) is 0.601. The van der Waals surface area contributed by atoms with E-state index < -0.39 is 15.9 Å². The highest BCUT2D eigenvalue weighted by Gasteiger charge is 2.37. The average Bonchev–Trinajstić information content (AvgIpc) is 3.98. The first-order chi connectivity index (χ1) is 34.3. The Morgan fingerprint density at radius 2 is 1.68 bits per heavy atom. The monoisotopic (exact) mass is 995 g/mol. The minimum atomic E-state index is -4.52. The van der Waals surface area contributed by atoms with Crippen molar-refractivity contribution in [1.29, 1.82) is 0 Å². The number of carbonyl (C=O) groups is 2. The number of anilines is 2. The number of nitrogens with one attached hydrogen (secondary N) is 3. The Bertz CT molecular complexity index is 3080. The number of nitrogens with zero attached hydrogens (tertiary/aromatic N) is 4. The van der Waals surface area contributed by atoms with Crippen LogP contribution in [0.5, 0.6) is 17.2 Å². The number of methoxy groups -OCH3 is 1. The normalized spacial score (nSPS) is 17.7. The van der Waals surface area contributed by atoms with Gasteiger partial charge in [0.05, 0.1) is 29.3 Å². The van der Waals surface area contributed by atoms with Gasteiger partial charge >= 0.3 is 0 Å². The highest BCUT2D eigenvalue weighted by atomic mass is 35.5. The maximum atomic E-state index is 14.6. The zero-order valence-electron chi connectivity index (χ0n) is 40.7. The number of aromatic amines is 1. The fourth-order valence-electron chi connectivity index (χ4n) is 10.8. The van der Waals surface area contributed by atoms with Crippen molar-refractivity contribution in [2.24, 2.45) is 11.3 Å². The van der Waals surface area contributed by atoms with E-state index in [1.54, 1.807) is 36.5 Å². The Kier molecular flexibility index (Phi) is 13.9.